The van der Waals surface area contributed by atoms with E-state index in [4.69, 9.17) is 0 Å². The Morgan fingerprint density at radius 2 is 1.90 bits per heavy atom. The molecule has 6 nitrogen and oxygen atoms in total. The van der Waals surface area contributed by atoms with Gasteiger partial charge in [-0.05, 0) is 23.1 Å². The molecule has 0 spiro atoms. The Morgan fingerprint density at radius 3 is 2.38 bits per heavy atom. The van der Waals surface area contributed by atoms with Crippen LogP contribution in [0.1, 0.15) is 10.5 Å². The van der Waals surface area contributed by atoms with E-state index in [-0.39, 0.29) is 16.0 Å². The zero-order valence-corrected chi connectivity index (χ0v) is 12.1. The average molecular weight is 360 g/mol. The highest BCUT2D eigenvalue weighted by molar-refractivity contribution is 9.10. The summed E-state index contributed by atoms with van der Waals surface area (Å²) in [5.74, 6) is -3.08. The lowest BCUT2D eigenvalue weighted by atomic mass is 10.2. The van der Waals surface area contributed by atoms with Crippen molar-refractivity contribution in [2.75, 3.05) is 5.32 Å². The molecule has 1 aromatic carbocycles. The van der Waals surface area contributed by atoms with Gasteiger partial charge in [0.25, 0.3) is 5.91 Å². The normalized spacial score (nSPS) is 10.5. The van der Waals surface area contributed by atoms with E-state index in [0.717, 1.165) is 22.8 Å². The van der Waals surface area contributed by atoms with Crippen molar-refractivity contribution in [3.63, 3.8) is 0 Å². The third-order valence-corrected chi connectivity index (χ3v) is 3.22. The maximum atomic E-state index is 13.6. The fourth-order valence-electron chi connectivity index (χ4n) is 1.75. The molecular formula is C12H8BrF2N3O3. The number of amides is 1. The van der Waals surface area contributed by atoms with E-state index in [0.29, 0.717) is 0 Å². The van der Waals surface area contributed by atoms with Crippen LogP contribution in [0.15, 0.2) is 28.7 Å². The fourth-order valence-corrected chi connectivity index (χ4v) is 2.15. The molecule has 0 radical (unpaired) electrons. The number of aromatic nitrogens is 1. The highest BCUT2D eigenvalue weighted by atomic mass is 79.9. The lowest BCUT2D eigenvalue weighted by Crippen LogP contribution is -2.18. The first-order valence-electron chi connectivity index (χ1n) is 5.57. The summed E-state index contributed by atoms with van der Waals surface area (Å²) < 4.78 is 28.4. The first kappa shape index (κ1) is 15.1. The predicted octanol–water partition coefficient (Wildman–Crippen LogP) is 3.23. The first-order valence-corrected chi connectivity index (χ1v) is 6.36. The summed E-state index contributed by atoms with van der Waals surface area (Å²) in [6.45, 7) is 0. The Kier molecular flexibility index (Phi) is 4.03. The molecule has 0 unspecified atom stereocenters. The van der Waals surface area contributed by atoms with Crippen molar-refractivity contribution in [3.8, 4) is 0 Å². The van der Waals surface area contributed by atoms with E-state index in [2.05, 4.69) is 21.2 Å². The molecule has 1 heterocycles. The average Bonchev–Trinajstić information content (AvgIpc) is 2.75. The zero-order valence-electron chi connectivity index (χ0n) is 10.6. The number of carbonyl (C=O) groups is 1. The first-order chi connectivity index (χ1) is 9.81. The van der Waals surface area contributed by atoms with E-state index in [1.165, 1.54) is 13.1 Å². The molecule has 0 aliphatic rings. The van der Waals surface area contributed by atoms with Crippen molar-refractivity contribution >= 4 is 33.3 Å². The Labute approximate surface area is 125 Å². The van der Waals surface area contributed by atoms with Crippen LogP contribution in [-0.4, -0.2) is 15.4 Å². The molecule has 2 aromatic rings. The highest BCUT2D eigenvalue weighted by Gasteiger charge is 2.22. The van der Waals surface area contributed by atoms with Gasteiger partial charge in [-0.3, -0.25) is 4.79 Å². The molecule has 0 saturated heterocycles. The van der Waals surface area contributed by atoms with Gasteiger partial charge in [0.05, 0.1) is 7.05 Å². The predicted molar refractivity (Wildman–Crippen MR) is 74.1 cm³/mol. The van der Waals surface area contributed by atoms with Crippen molar-refractivity contribution in [3.05, 3.63) is 56.2 Å². The molecule has 0 atom stereocenters. The molecule has 0 aliphatic carbocycles. The Bertz CT molecular complexity index is 722. The van der Waals surface area contributed by atoms with Gasteiger partial charge in [-0.1, -0.05) is 15.9 Å². The SMILES string of the molecule is Cn1c(C(=O)Nc2c(F)cc(Br)cc2F)ccc1[N+](=O)[O-]. The lowest BCUT2D eigenvalue weighted by molar-refractivity contribution is -0.391. The van der Waals surface area contributed by atoms with Crippen LogP contribution in [0.3, 0.4) is 0 Å². The van der Waals surface area contributed by atoms with Gasteiger partial charge in [0.2, 0.25) is 0 Å². The maximum absolute atomic E-state index is 13.6. The van der Waals surface area contributed by atoms with Gasteiger partial charge in [-0.2, -0.15) is 0 Å². The molecule has 2 rings (SSSR count). The minimum absolute atomic E-state index is 0.0941. The molecule has 0 aliphatic heterocycles. The molecule has 9 heteroatoms. The van der Waals surface area contributed by atoms with E-state index >= 15 is 0 Å². The molecule has 0 bridgehead atoms. The van der Waals surface area contributed by atoms with Crippen LogP contribution in [-0.2, 0) is 7.05 Å². The number of nitro groups is 1. The smallest absolute Gasteiger partial charge is 0.323 e. The lowest BCUT2D eigenvalue weighted by Gasteiger charge is -2.07. The Morgan fingerprint density at radius 1 is 1.33 bits per heavy atom. The third-order valence-electron chi connectivity index (χ3n) is 2.76. The summed E-state index contributed by atoms with van der Waals surface area (Å²) in [4.78, 5) is 22.0. The summed E-state index contributed by atoms with van der Waals surface area (Å²) in [5, 5.41) is 12.8. The van der Waals surface area contributed by atoms with Crippen LogP contribution in [0.5, 0.6) is 0 Å². The van der Waals surface area contributed by atoms with E-state index < -0.39 is 28.2 Å². The summed E-state index contributed by atoms with van der Waals surface area (Å²) >= 11 is 2.92. The molecule has 1 N–H and O–H groups in total. The number of anilines is 1. The number of rotatable bonds is 3. The van der Waals surface area contributed by atoms with Crippen LogP contribution in [0.2, 0.25) is 0 Å². The molecule has 0 saturated carbocycles. The van der Waals surface area contributed by atoms with Gasteiger partial charge in [0.15, 0.2) is 17.3 Å². The monoisotopic (exact) mass is 359 g/mol. The fraction of sp³-hybridized carbons (Fsp3) is 0.0833. The number of nitrogens with zero attached hydrogens (tertiary/aromatic N) is 2. The second-order valence-electron chi connectivity index (χ2n) is 4.09. The zero-order chi connectivity index (χ0) is 15.7. The van der Waals surface area contributed by atoms with Gasteiger partial charge in [0.1, 0.15) is 5.69 Å². The van der Waals surface area contributed by atoms with Crippen molar-refractivity contribution in [2.24, 2.45) is 7.05 Å². The molecule has 0 fully saturated rings. The molecule has 110 valence electrons. The van der Waals surface area contributed by atoms with Crippen molar-refractivity contribution < 1.29 is 18.5 Å². The largest absolute Gasteiger partial charge is 0.358 e. The van der Waals surface area contributed by atoms with E-state index in [1.807, 2.05) is 0 Å². The second kappa shape index (κ2) is 5.60. The van der Waals surface area contributed by atoms with Crippen molar-refractivity contribution in [1.82, 2.24) is 4.57 Å². The quantitative estimate of drug-likeness (QED) is 0.675. The minimum atomic E-state index is -0.959. The minimum Gasteiger partial charge on any atom is -0.358 e. The molecule has 1 amide bonds. The third kappa shape index (κ3) is 2.92. The van der Waals surface area contributed by atoms with Crippen LogP contribution in [0, 0.1) is 21.7 Å². The molecule has 21 heavy (non-hydrogen) atoms. The number of hydrogen-bond acceptors (Lipinski definition) is 3. The number of benzene rings is 1. The highest BCUT2D eigenvalue weighted by Crippen LogP contribution is 2.25. The van der Waals surface area contributed by atoms with Gasteiger partial charge < -0.3 is 15.4 Å². The summed E-state index contributed by atoms with van der Waals surface area (Å²) in [7, 11) is 1.31. The van der Waals surface area contributed by atoms with E-state index in [1.54, 1.807) is 0 Å². The van der Waals surface area contributed by atoms with Gasteiger partial charge >= 0.3 is 5.82 Å². The van der Waals surface area contributed by atoms with Crippen LogP contribution < -0.4 is 5.32 Å². The van der Waals surface area contributed by atoms with Crippen molar-refractivity contribution in [2.45, 2.75) is 0 Å². The maximum Gasteiger partial charge on any atom is 0.323 e. The van der Waals surface area contributed by atoms with Crippen LogP contribution >= 0.6 is 15.9 Å². The standard InChI is InChI=1S/C12H8BrF2N3O3/c1-17-9(2-3-10(17)18(20)21)12(19)16-11-7(14)4-6(13)5-8(11)15/h2-5H,1H3,(H,16,19). The number of nitrogens with one attached hydrogen (secondary N) is 1. The Balaban J connectivity index is 2.33. The number of halogens is 3. The number of hydrogen-bond donors (Lipinski definition) is 1. The second-order valence-corrected chi connectivity index (χ2v) is 5.01. The van der Waals surface area contributed by atoms with Crippen molar-refractivity contribution in [1.29, 1.82) is 0 Å². The van der Waals surface area contributed by atoms with Gasteiger partial charge in [-0.25, -0.2) is 13.3 Å². The van der Waals surface area contributed by atoms with Crippen LogP contribution in [0.25, 0.3) is 0 Å². The Hall–Kier alpha value is -2.29. The molecule has 1 aromatic heterocycles. The molecular weight excluding hydrogens is 352 g/mol. The summed E-state index contributed by atoms with van der Waals surface area (Å²) in [6, 6.07) is 4.31. The van der Waals surface area contributed by atoms with Gasteiger partial charge in [0, 0.05) is 10.5 Å². The topological polar surface area (TPSA) is 77.2 Å². The summed E-state index contributed by atoms with van der Waals surface area (Å²) in [5.41, 5.74) is -0.713. The van der Waals surface area contributed by atoms with Gasteiger partial charge in [-0.15, -0.1) is 0 Å². The van der Waals surface area contributed by atoms with E-state index in [9.17, 15) is 23.7 Å². The summed E-state index contributed by atoms with van der Waals surface area (Å²) in [6.07, 6.45) is 0. The van der Waals surface area contributed by atoms with Crippen LogP contribution in [0.4, 0.5) is 20.3 Å². The number of carbonyl (C=O) groups excluding carboxylic acids is 1.